The summed E-state index contributed by atoms with van der Waals surface area (Å²) in [5.41, 5.74) is 1.32. The van der Waals surface area contributed by atoms with E-state index < -0.39 is 0 Å². The first-order chi connectivity index (χ1) is 7.74. The van der Waals surface area contributed by atoms with Gasteiger partial charge in [-0.1, -0.05) is 29.8 Å². The molecule has 0 aliphatic carbocycles. The molecule has 0 fully saturated rings. The maximum atomic E-state index is 5.81. The largest absolute Gasteiger partial charge is 0.492 e. The van der Waals surface area contributed by atoms with Crippen LogP contribution in [0.5, 0.6) is 5.75 Å². The van der Waals surface area contributed by atoms with Gasteiger partial charge < -0.3 is 4.74 Å². The van der Waals surface area contributed by atoms with Crippen molar-refractivity contribution in [2.45, 2.75) is 26.3 Å². The monoisotopic (exact) mass is 283 g/mol. The molecular formula is C13H18BrNO. The van der Waals surface area contributed by atoms with Crippen molar-refractivity contribution in [1.29, 1.82) is 0 Å². The first kappa shape index (κ1) is 11.9. The Kier molecular flexibility index (Phi) is 3.87. The van der Waals surface area contributed by atoms with Crippen LogP contribution in [-0.4, -0.2) is 30.6 Å². The topological polar surface area (TPSA) is 12.5 Å². The standard InChI is InChI=1S/C13H18BrNO/c1-3-15(4-2)12-8-10-7-11(14)5-6-13(10)16-9-12/h5-7,12H,3-4,8-9H2,1-2H3. The van der Waals surface area contributed by atoms with Crippen LogP contribution in [0, 0.1) is 0 Å². The molecular weight excluding hydrogens is 266 g/mol. The van der Waals surface area contributed by atoms with Gasteiger partial charge in [0.1, 0.15) is 12.4 Å². The maximum absolute atomic E-state index is 5.81. The van der Waals surface area contributed by atoms with Crippen LogP contribution in [0.1, 0.15) is 19.4 Å². The van der Waals surface area contributed by atoms with Crippen molar-refractivity contribution < 1.29 is 4.74 Å². The zero-order chi connectivity index (χ0) is 11.5. The minimum atomic E-state index is 0.525. The number of hydrogen-bond acceptors (Lipinski definition) is 2. The van der Waals surface area contributed by atoms with Crippen molar-refractivity contribution in [3.8, 4) is 5.75 Å². The Bertz CT molecular complexity index is 363. The van der Waals surface area contributed by atoms with Crippen LogP contribution < -0.4 is 4.74 Å². The molecule has 0 spiro atoms. The summed E-state index contributed by atoms with van der Waals surface area (Å²) in [4.78, 5) is 2.46. The molecule has 3 heteroatoms. The molecule has 2 rings (SSSR count). The molecule has 0 saturated carbocycles. The number of nitrogens with zero attached hydrogens (tertiary/aromatic N) is 1. The molecule has 1 aliphatic rings. The van der Waals surface area contributed by atoms with Crippen LogP contribution >= 0.6 is 15.9 Å². The fourth-order valence-corrected chi connectivity index (χ4v) is 2.73. The molecule has 0 amide bonds. The third-order valence-electron chi connectivity index (χ3n) is 3.24. The van der Waals surface area contributed by atoms with Crippen LogP contribution in [0.15, 0.2) is 22.7 Å². The Labute approximate surface area is 106 Å². The van der Waals surface area contributed by atoms with Gasteiger partial charge in [-0.25, -0.2) is 0 Å². The van der Waals surface area contributed by atoms with Gasteiger partial charge in [0.05, 0.1) is 0 Å². The van der Waals surface area contributed by atoms with Crippen molar-refractivity contribution in [2.75, 3.05) is 19.7 Å². The van der Waals surface area contributed by atoms with E-state index in [-0.39, 0.29) is 0 Å². The van der Waals surface area contributed by atoms with E-state index in [0.29, 0.717) is 6.04 Å². The van der Waals surface area contributed by atoms with Crippen molar-refractivity contribution >= 4 is 15.9 Å². The van der Waals surface area contributed by atoms with E-state index in [9.17, 15) is 0 Å². The fourth-order valence-electron chi connectivity index (χ4n) is 2.32. The van der Waals surface area contributed by atoms with Crippen molar-refractivity contribution in [1.82, 2.24) is 4.90 Å². The van der Waals surface area contributed by atoms with Gasteiger partial charge in [0, 0.05) is 10.5 Å². The quantitative estimate of drug-likeness (QED) is 0.845. The van der Waals surface area contributed by atoms with Gasteiger partial charge in [-0.3, -0.25) is 4.90 Å². The molecule has 1 aromatic carbocycles. The number of halogens is 1. The van der Waals surface area contributed by atoms with Gasteiger partial charge in [-0.15, -0.1) is 0 Å². The number of fused-ring (bicyclic) bond motifs is 1. The van der Waals surface area contributed by atoms with E-state index >= 15 is 0 Å². The van der Waals surface area contributed by atoms with E-state index in [1.807, 2.05) is 6.07 Å². The lowest BCUT2D eigenvalue weighted by atomic mass is 10.0. The van der Waals surface area contributed by atoms with Gasteiger partial charge in [0.25, 0.3) is 0 Å². The summed E-state index contributed by atoms with van der Waals surface area (Å²) in [7, 11) is 0. The summed E-state index contributed by atoms with van der Waals surface area (Å²) in [6.45, 7) is 7.41. The van der Waals surface area contributed by atoms with E-state index in [2.05, 4.69) is 46.8 Å². The van der Waals surface area contributed by atoms with Crippen LogP contribution in [0.4, 0.5) is 0 Å². The SMILES string of the molecule is CCN(CC)C1COc2ccc(Br)cc2C1. The first-order valence-corrected chi connectivity index (χ1v) is 6.69. The molecule has 1 heterocycles. The number of benzene rings is 1. The van der Waals surface area contributed by atoms with Crippen LogP contribution in [0.2, 0.25) is 0 Å². The molecule has 0 N–H and O–H groups in total. The molecule has 1 aromatic rings. The molecule has 0 aromatic heterocycles. The van der Waals surface area contributed by atoms with E-state index in [0.717, 1.165) is 36.3 Å². The average Bonchev–Trinajstić information content (AvgIpc) is 2.30. The second-order valence-corrected chi connectivity index (χ2v) is 5.06. The molecule has 2 nitrogen and oxygen atoms in total. The lowest BCUT2D eigenvalue weighted by Gasteiger charge is -2.33. The first-order valence-electron chi connectivity index (χ1n) is 5.89. The molecule has 1 unspecified atom stereocenters. The summed E-state index contributed by atoms with van der Waals surface area (Å²) in [5, 5.41) is 0. The Morgan fingerprint density at radius 3 is 2.81 bits per heavy atom. The molecule has 0 radical (unpaired) electrons. The lowest BCUT2D eigenvalue weighted by molar-refractivity contribution is 0.129. The molecule has 1 atom stereocenters. The van der Waals surface area contributed by atoms with Gasteiger partial charge in [-0.2, -0.15) is 0 Å². The predicted octanol–water partition coefficient (Wildman–Crippen LogP) is 3.09. The van der Waals surface area contributed by atoms with Gasteiger partial charge >= 0.3 is 0 Å². The molecule has 1 aliphatic heterocycles. The fraction of sp³-hybridized carbons (Fsp3) is 0.538. The third kappa shape index (κ3) is 2.41. The molecule has 16 heavy (non-hydrogen) atoms. The van der Waals surface area contributed by atoms with Gasteiger partial charge in [0.15, 0.2) is 0 Å². The summed E-state index contributed by atoms with van der Waals surface area (Å²) in [6.07, 6.45) is 1.09. The minimum Gasteiger partial charge on any atom is -0.492 e. The summed E-state index contributed by atoms with van der Waals surface area (Å²) >= 11 is 3.51. The van der Waals surface area contributed by atoms with Crippen molar-refractivity contribution in [3.05, 3.63) is 28.2 Å². The Balaban J connectivity index is 2.16. The third-order valence-corrected chi connectivity index (χ3v) is 3.73. The highest BCUT2D eigenvalue weighted by Gasteiger charge is 2.23. The molecule has 88 valence electrons. The highest BCUT2D eigenvalue weighted by Crippen LogP contribution is 2.29. The average molecular weight is 284 g/mol. The zero-order valence-corrected chi connectivity index (χ0v) is 11.5. The maximum Gasteiger partial charge on any atom is 0.122 e. The van der Waals surface area contributed by atoms with Crippen LogP contribution in [-0.2, 0) is 6.42 Å². The second-order valence-electron chi connectivity index (χ2n) is 4.14. The summed E-state index contributed by atoms with van der Waals surface area (Å²) in [6, 6.07) is 6.79. The van der Waals surface area contributed by atoms with E-state index in [4.69, 9.17) is 4.74 Å². The summed E-state index contributed by atoms with van der Waals surface area (Å²) in [5.74, 6) is 1.05. The van der Waals surface area contributed by atoms with Crippen molar-refractivity contribution in [3.63, 3.8) is 0 Å². The second kappa shape index (κ2) is 5.19. The van der Waals surface area contributed by atoms with Crippen LogP contribution in [0.25, 0.3) is 0 Å². The normalized spacial score (nSPS) is 19.4. The predicted molar refractivity (Wildman–Crippen MR) is 70.1 cm³/mol. The van der Waals surface area contributed by atoms with Gasteiger partial charge in [-0.05, 0) is 43.3 Å². The number of rotatable bonds is 3. The minimum absolute atomic E-state index is 0.525. The summed E-state index contributed by atoms with van der Waals surface area (Å²) < 4.78 is 6.95. The van der Waals surface area contributed by atoms with E-state index in [1.54, 1.807) is 0 Å². The Morgan fingerprint density at radius 1 is 1.38 bits per heavy atom. The smallest absolute Gasteiger partial charge is 0.122 e. The Morgan fingerprint density at radius 2 is 2.12 bits per heavy atom. The number of likely N-dealkylation sites (N-methyl/N-ethyl adjacent to an activating group) is 1. The van der Waals surface area contributed by atoms with Gasteiger partial charge in [0.2, 0.25) is 0 Å². The lowest BCUT2D eigenvalue weighted by Crippen LogP contribution is -2.42. The van der Waals surface area contributed by atoms with Crippen LogP contribution in [0.3, 0.4) is 0 Å². The zero-order valence-electron chi connectivity index (χ0n) is 9.87. The highest BCUT2D eigenvalue weighted by molar-refractivity contribution is 9.10. The Hall–Kier alpha value is -0.540. The number of hydrogen-bond donors (Lipinski definition) is 0. The highest BCUT2D eigenvalue weighted by atomic mass is 79.9. The van der Waals surface area contributed by atoms with Crippen molar-refractivity contribution in [2.24, 2.45) is 0 Å². The molecule has 0 saturated heterocycles. The number of ether oxygens (including phenoxy) is 1. The molecule has 0 bridgehead atoms. The van der Waals surface area contributed by atoms with E-state index in [1.165, 1.54) is 5.56 Å².